The largest absolute Gasteiger partial charge is 0.375 e. The van der Waals surface area contributed by atoms with E-state index in [9.17, 15) is 4.79 Å². The Labute approximate surface area is 157 Å². The number of nitrogens with zero attached hydrogens (tertiary/aromatic N) is 4. The Bertz CT molecular complexity index is 893. The summed E-state index contributed by atoms with van der Waals surface area (Å²) in [6.45, 7) is 1.04. The minimum Gasteiger partial charge on any atom is -0.375 e. The van der Waals surface area contributed by atoms with Crippen LogP contribution >= 0.6 is 0 Å². The molecule has 27 heavy (non-hydrogen) atoms. The zero-order valence-corrected chi connectivity index (χ0v) is 15.0. The number of fused-ring (bicyclic) bond motifs is 1. The predicted octanol–water partition coefficient (Wildman–Crippen LogP) is 2.27. The summed E-state index contributed by atoms with van der Waals surface area (Å²) < 4.78 is 2.18. The van der Waals surface area contributed by atoms with Crippen molar-refractivity contribution in [3.05, 3.63) is 60.7 Å². The summed E-state index contributed by atoms with van der Waals surface area (Å²) in [5.74, 6) is 1.87. The van der Waals surface area contributed by atoms with Crippen LogP contribution in [0.25, 0.3) is 11.4 Å². The molecule has 2 N–H and O–H groups in total. The number of aryl methyl sites for hydroxylation is 1. The summed E-state index contributed by atoms with van der Waals surface area (Å²) in [7, 11) is 0. The van der Waals surface area contributed by atoms with Gasteiger partial charge in [-0.05, 0) is 25.0 Å². The summed E-state index contributed by atoms with van der Waals surface area (Å²) in [4.78, 5) is 16.3. The van der Waals surface area contributed by atoms with E-state index in [2.05, 4.69) is 30.4 Å². The van der Waals surface area contributed by atoms with Gasteiger partial charge >= 0.3 is 0 Å². The third-order valence-corrected chi connectivity index (χ3v) is 4.76. The first-order valence-corrected chi connectivity index (χ1v) is 9.20. The molecule has 0 saturated carbocycles. The highest BCUT2D eigenvalue weighted by molar-refractivity contribution is 5.80. The normalized spacial score (nSPS) is 16.2. The van der Waals surface area contributed by atoms with E-state index in [-0.39, 0.29) is 18.5 Å². The Morgan fingerprint density at radius 1 is 1.11 bits per heavy atom. The van der Waals surface area contributed by atoms with Crippen molar-refractivity contribution in [1.82, 2.24) is 25.1 Å². The van der Waals surface area contributed by atoms with Gasteiger partial charge in [0.2, 0.25) is 5.91 Å². The molecular formula is C20H22N6O. The molecule has 7 heteroatoms. The highest BCUT2D eigenvalue weighted by atomic mass is 16.1. The third-order valence-electron chi connectivity index (χ3n) is 4.76. The maximum Gasteiger partial charge on any atom is 0.239 e. The molecule has 7 nitrogen and oxygen atoms in total. The quantitative estimate of drug-likeness (QED) is 0.727. The summed E-state index contributed by atoms with van der Waals surface area (Å²) >= 11 is 0. The van der Waals surface area contributed by atoms with Crippen LogP contribution in [-0.2, 0) is 17.8 Å². The van der Waals surface area contributed by atoms with E-state index in [0.29, 0.717) is 0 Å². The lowest BCUT2D eigenvalue weighted by Gasteiger charge is -2.16. The molecule has 1 unspecified atom stereocenters. The van der Waals surface area contributed by atoms with E-state index in [1.807, 2.05) is 42.5 Å². The van der Waals surface area contributed by atoms with E-state index in [4.69, 9.17) is 0 Å². The number of carbonyl (C=O) groups is 1. The number of hydrogen-bond donors (Lipinski definition) is 2. The fourth-order valence-electron chi connectivity index (χ4n) is 3.36. The van der Waals surface area contributed by atoms with Crippen molar-refractivity contribution in [3.63, 3.8) is 0 Å². The molecule has 1 amide bonds. The second-order valence-electron chi connectivity index (χ2n) is 6.64. The number of rotatable bonds is 5. The molecule has 1 atom stereocenters. The van der Waals surface area contributed by atoms with Crippen molar-refractivity contribution in [3.8, 4) is 11.4 Å². The highest BCUT2D eigenvalue weighted by Gasteiger charge is 2.21. The Hall–Kier alpha value is -3.22. The molecule has 3 heterocycles. The molecule has 0 spiro atoms. The number of aromatic nitrogens is 4. The number of pyridine rings is 1. The Morgan fingerprint density at radius 2 is 2.00 bits per heavy atom. The molecule has 0 aliphatic carbocycles. The molecule has 1 aliphatic heterocycles. The topological polar surface area (TPSA) is 84.7 Å². The number of nitrogens with one attached hydrogen (secondary N) is 2. The second kappa shape index (κ2) is 7.99. The van der Waals surface area contributed by atoms with Gasteiger partial charge in [-0.15, -0.1) is 10.2 Å². The van der Waals surface area contributed by atoms with Gasteiger partial charge in [0.05, 0.1) is 12.2 Å². The van der Waals surface area contributed by atoms with Crippen molar-refractivity contribution >= 4 is 11.6 Å². The molecule has 1 aromatic carbocycles. The molecule has 138 valence electrons. The molecule has 3 aromatic rings. The highest BCUT2D eigenvalue weighted by Crippen LogP contribution is 2.22. The van der Waals surface area contributed by atoms with Gasteiger partial charge in [0.25, 0.3) is 0 Å². The van der Waals surface area contributed by atoms with Crippen LogP contribution in [0.3, 0.4) is 0 Å². The van der Waals surface area contributed by atoms with Crippen molar-refractivity contribution in [2.24, 2.45) is 0 Å². The van der Waals surface area contributed by atoms with Crippen LogP contribution in [-0.4, -0.2) is 38.2 Å². The lowest BCUT2D eigenvalue weighted by molar-refractivity contribution is -0.120. The fourth-order valence-corrected chi connectivity index (χ4v) is 3.36. The molecule has 0 radical (unpaired) electrons. The van der Waals surface area contributed by atoms with E-state index in [0.717, 1.165) is 48.7 Å². The number of anilines is 1. The summed E-state index contributed by atoms with van der Waals surface area (Å²) in [6.07, 6.45) is 5.95. The fraction of sp³-hybridized carbons (Fsp3) is 0.300. The maximum atomic E-state index is 12.3. The van der Waals surface area contributed by atoms with Crippen LogP contribution < -0.4 is 10.6 Å². The number of benzene rings is 1. The number of amides is 1. The second-order valence-corrected chi connectivity index (χ2v) is 6.64. The summed E-state index contributed by atoms with van der Waals surface area (Å²) in [5, 5.41) is 15.0. The van der Waals surface area contributed by atoms with E-state index in [1.165, 1.54) is 0 Å². The predicted molar refractivity (Wildman–Crippen MR) is 103 cm³/mol. The molecule has 2 aromatic heterocycles. The molecule has 4 rings (SSSR count). The monoisotopic (exact) mass is 362 g/mol. The van der Waals surface area contributed by atoms with Crippen LogP contribution in [0.15, 0.2) is 54.9 Å². The van der Waals surface area contributed by atoms with Crippen LogP contribution in [0.5, 0.6) is 0 Å². The first-order chi connectivity index (χ1) is 13.3. The molecule has 0 bridgehead atoms. The first-order valence-electron chi connectivity index (χ1n) is 9.20. The lowest BCUT2D eigenvalue weighted by Crippen LogP contribution is -2.38. The van der Waals surface area contributed by atoms with E-state index >= 15 is 0 Å². The van der Waals surface area contributed by atoms with Crippen molar-refractivity contribution < 1.29 is 4.79 Å². The average Bonchev–Trinajstić information content (AvgIpc) is 3.02. The van der Waals surface area contributed by atoms with Crippen LogP contribution in [0.1, 0.15) is 18.7 Å². The molecule has 0 fully saturated rings. The summed E-state index contributed by atoms with van der Waals surface area (Å²) in [5.41, 5.74) is 1.91. The van der Waals surface area contributed by atoms with Gasteiger partial charge in [0, 0.05) is 37.0 Å². The van der Waals surface area contributed by atoms with Gasteiger partial charge in [-0.25, -0.2) is 0 Å². The van der Waals surface area contributed by atoms with Gasteiger partial charge < -0.3 is 15.2 Å². The number of carbonyl (C=O) groups excluding carboxylic acids is 1. The van der Waals surface area contributed by atoms with Crippen molar-refractivity contribution in [2.45, 2.75) is 31.8 Å². The van der Waals surface area contributed by atoms with E-state index in [1.54, 1.807) is 12.4 Å². The minimum absolute atomic E-state index is 0.00944. The standard InChI is InChI=1S/C20H22N6O/c27-19(14-22-17-7-4-11-21-13-17)23-16-8-9-18-24-25-20(26(18)12-10-16)15-5-2-1-3-6-15/h1-7,11,13,16,22H,8-10,12,14H2,(H,23,27). The van der Waals surface area contributed by atoms with Gasteiger partial charge in [-0.2, -0.15) is 0 Å². The third kappa shape index (κ3) is 4.13. The SMILES string of the molecule is O=C(CNc1cccnc1)NC1CCc2nnc(-c3ccccc3)n2CC1. The molecular weight excluding hydrogens is 340 g/mol. The summed E-state index contributed by atoms with van der Waals surface area (Å²) in [6, 6.07) is 14.0. The Morgan fingerprint density at radius 3 is 2.81 bits per heavy atom. The van der Waals surface area contributed by atoms with Crippen molar-refractivity contribution in [2.75, 3.05) is 11.9 Å². The van der Waals surface area contributed by atoms with Gasteiger partial charge in [-0.1, -0.05) is 30.3 Å². The van der Waals surface area contributed by atoms with Gasteiger partial charge in [-0.3, -0.25) is 9.78 Å². The molecule has 0 saturated heterocycles. The van der Waals surface area contributed by atoms with Crippen LogP contribution in [0.4, 0.5) is 5.69 Å². The Balaban J connectivity index is 1.35. The molecule has 1 aliphatic rings. The zero-order valence-electron chi connectivity index (χ0n) is 15.0. The zero-order chi connectivity index (χ0) is 18.5. The van der Waals surface area contributed by atoms with Crippen LogP contribution in [0, 0.1) is 0 Å². The smallest absolute Gasteiger partial charge is 0.239 e. The van der Waals surface area contributed by atoms with Gasteiger partial charge in [0.1, 0.15) is 5.82 Å². The maximum absolute atomic E-state index is 12.3. The first kappa shape index (κ1) is 17.2. The minimum atomic E-state index is -0.00944. The number of hydrogen-bond acceptors (Lipinski definition) is 5. The lowest BCUT2D eigenvalue weighted by atomic mass is 10.1. The van der Waals surface area contributed by atoms with Gasteiger partial charge in [0.15, 0.2) is 5.82 Å². The van der Waals surface area contributed by atoms with Crippen LogP contribution in [0.2, 0.25) is 0 Å². The van der Waals surface area contributed by atoms with E-state index < -0.39 is 0 Å². The average molecular weight is 362 g/mol. The Kier molecular flexibility index (Phi) is 5.09. The van der Waals surface area contributed by atoms with Crippen molar-refractivity contribution in [1.29, 1.82) is 0 Å².